The molecule has 1 aliphatic rings. The van der Waals surface area contributed by atoms with Crippen LogP contribution in [0.15, 0.2) is 84.9 Å². The molecule has 4 rings (SSSR count). The molecule has 1 fully saturated rings. The van der Waals surface area contributed by atoms with E-state index in [0.29, 0.717) is 5.91 Å². The summed E-state index contributed by atoms with van der Waals surface area (Å²) in [5, 5.41) is 0.109. The summed E-state index contributed by atoms with van der Waals surface area (Å²) in [4.78, 5) is 15.4. The second-order valence-electron chi connectivity index (χ2n) is 8.58. The van der Waals surface area contributed by atoms with E-state index < -0.39 is 0 Å². The summed E-state index contributed by atoms with van der Waals surface area (Å²) in [7, 11) is 0. The van der Waals surface area contributed by atoms with E-state index in [9.17, 15) is 4.79 Å². The van der Waals surface area contributed by atoms with Crippen molar-refractivity contribution in [3.63, 3.8) is 0 Å². The van der Waals surface area contributed by atoms with Gasteiger partial charge in [0.1, 0.15) is 16.9 Å². The number of aryl methyl sites for hydroxylation is 1. The molecule has 0 spiro atoms. The zero-order valence-electron chi connectivity index (χ0n) is 19.4. The van der Waals surface area contributed by atoms with Crippen LogP contribution >= 0.6 is 11.8 Å². The van der Waals surface area contributed by atoms with Gasteiger partial charge in [0, 0.05) is 6.54 Å². The average Bonchev–Trinajstić information content (AvgIpc) is 3.17. The standard InChI is InChI=1S/C29H33NO2S/c1-2-3-20-27-28(31)30(21-11-10-15-23-13-6-4-7-14-23)29(33-27)24-16-12-19-26(22-24)32-25-17-8-5-9-18-25/h4-9,12-14,16-19,22,27,29H,2-3,10-11,15,20-21H2,1H3/t27-,29+/m0/s1. The third kappa shape index (κ3) is 6.42. The first-order valence-electron chi connectivity index (χ1n) is 12.1. The molecule has 172 valence electrons. The molecule has 4 heteroatoms. The van der Waals surface area contributed by atoms with Crippen molar-refractivity contribution >= 4 is 17.7 Å². The van der Waals surface area contributed by atoms with Crippen LogP contribution < -0.4 is 4.74 Å². The van der Waals surface area contributed by atoms with Gasteiger partial charge in [0.05, 0.1) is 5.25 Å². The Hall–Kier alpha value is -2.72. The van der Waals surface area contributed by atoms with Crippen LogP contribution in [0.1, 0.15) is 55.5 Å². The second kappa shape index (κ2) is 11.9. The highest BCUT2D eigenvalue weighted by molar-refractivity contribution is 8.01. The van der Waals surface area contributed by atoms with E-state index in [1.807, 2.05) is 54.2 Å². The topological polar surface area (TPSA) is 29.5 Å². The van der Waals surface area contributed by atoms with Gasteiger partial charge in [-0.3, -0.25) is 4.79 Å². The molecule has 0 aromatic heterocycles. The number of para-hydroxylation sites is 1. The van der Waals surface area contributed by atoms with Crippen LogP contribution in [0.25, 0.3) is 0 Å². The summed E-state index contributed by atoms with van der Waals surface area (Å²) in [5.41, 5.74) is 2.51. The summed E-state index contributed by atoms with van der Waals surface area (Å²) in [5.74, 6) is 1.93. The number of hydrogen-bond donors (Lipinski definition) is 0. The molecule has 1 amide bonds. The number of rotatable bonds is 11. The zero-order chi connectivity index (χ0) is 22.9. The maximum absolute atomic E-state index is 13.3. The third-order valence-corrected chi connectivity index (χ3v) is 7.58. The maximum atomic E-state index is 13.3. The molecular formula is C29H33NO2S. The third-order valence-electron chi connectivity index (χ3n) is 6.03. The molecule has 33 heavy (non-hydrogen) atoms. The Morgan fingerprint density at radius 3 is 2.33 bits per heavy atom. The molecule has 0 radical (unpaired) electrons. The van der Waals surface area contributed by atoms with Crippen molar-refractivity contribution in [2.75, 3.05) is 6.54 Å². The van der Waals surface area contributed by atoms with Crippen LogP contribution in [0.4, 0.5) is 0 Å². The molecule has 2 atom stereocenters. The number of carbonyl (C=O) groups excluding carboxylic acids is 1. The van der Waals surface area contributed by atoms with Crippen molar-refractivity contribution in [3.05, 3.63) is 96.1 Å². The smallest absolute Gasteiger partial charge is 0.236 e. The fourth-order valence-electron chi connectivity index (χ4n) is 4.27. The number of unbranched alkanes of at least 4 members (excludes halogenated alkanes) is 2. The van der Waals surface area contributed by atoms with Crippen molar-refractivity contribution in [1.82, 2.24) is 4.90 Å². The Kier molecular flexibility index (Phi) is 8.48. The van der Waals surface area contributed by atoms with Crippen LogP contribution in [-0.2, 0) is 11.2 Å². The quantitative estimate of drug-likeness (QED) is 0.276. The van der Waals surface area contributed by atoms with Gasteiger partial charge in [-0.25, -0.2) is 0 Å². The van der Waals surface area contributed by atoms with Gasteiger partial charge in [-0.05, 0) is 61.1 Å². The minimum atomic E-state index is 0.0513. The number of carbonyl (C=O) groups is 1. The minimum Gasteiger partial charge on any atom is -0.457 e. The van der Waals surface area contributed by atoms with Gasteiger partial charge >= 0.3 is 0 Å². The predicted molar refractivity (Wildman–Crippen MR) is 138 cm³/mol. The van der Waals surface area contributed by atoms with Gasteiger partial charge in [0.25, 0.3) is 0 Å². The largest absolute Gasteiger partial charge is 0.457 e. The number of nitrogens with zero attached hydrogens (tertiary/aromatic N) is 1. The Morgan fingerprint density at radius 1 is 0.848 bits per heavy atom. The summed E-state index contributed by atoms with van der Waals surface area (Å²) in [6, 6.07) is 28.7. The van der Waals surface area contributed by atoms with Gasteiger partial charge in [-0.2, -0.15) is 0 Å². The normalized spacial score (nSPS) is 18.0. The number of thioether (sulfide) groups is 1. The Bertz CT molecular complexity index is 1010. The van der Waals surface area contributed by atoms with Crippen molar-refractivity contribution in [3.8, 4) is 11.5 Å². The summed E-state index contributed by atoms with van der Waals surface area (Å²) in [6.45, 7) is 2.99. The van der Waals surface area contributed by atoms with Crippen molar-refractivity contribution in [1.29, 1.82) is 0 Å². The van der Waals surface area contributed by atoms with E-state index in [4.69, 9.17) is 4.74 Å². The number of benzene rings is 3. The first kappa shape index (κ1) is 23.4. The first-order chi connectivity index (χ1) is 16.2. The van der Waals surface area contributed by atoms with Crippen molar-refractivity contribution in [2.45, 2.75) is 56.1 Å². The van der Waals surface area contributed by atoms with E-state index in [1.54, 1.807) is 0 Å². The summed E-state index contributed by atoms with van der Waals surface area (Å²) < 4.78 is 6.07. The SMILES string of the molecule is CCCC[C@@H]1S[C@H](c2cccc(Oc3ccccc3)c2)N(CCCCc2ccccc2)C1=O. The van der Waals surface area contributed by atoms with Crippen LogP contribution in [0.5, 0.6) is 11.5 Å². The lowest BCUT2D eigenvalue weighted by atomic mass is 10.1. The Balaban J connectivity index is 1.45. The van der Waals surface area contributed by atoms with Crippen LogP contribution in [0, 0.1) is 0 Å². The van der Waals surface area contributed by atoms with Crippen LogP contribution in [0.3, 0.4) is 0 Å². The highest BCUT2D eigenvalue weighted by Gasteiger charge is 2.40. The molecule has 3 nitrogen and oxygen atoms in total. The molecule has 1 aliphatic heterocycles. The predicted octanol–water partition coefficient (Wildman–Crippen LogP) is 7.63. The maximum Gasteiger partial charge on any atom is 0.236 e. The second-order valence-corrected chi connectivity index (χ2v) is 9.87. The van der Waals surface area contributed by atoms with Gasteiger partial charge in [0.2, 0.25) is 5.91 Å². The van der Waals surface area contributed by atoms with Crippen LogP contribution in [0.2, 0.25) is 0 Å². The zero-order valence-corrected chi connectivity index (χ0v) is 20.2. The van der Waals surface area contributed by atoms with Gasteiger partial charge < -0.3 is 9.64 Å². The van der Waals surface area contributed by atoms with Gasteiger partial charge in [0.15, 0.2) is 0 Å². The molecule has 3 aromatic rings. The first-order valence-corrected chi connectivity index (χ1v) is 13.0. The van der Waals surface area contributed by atoms with E-state index in [1.165, 1.54) is 5.56 Å². The van der Waals surface area contributed by atoms with Gasteiger partial charge in [-0.15, -0.1) is 11.8 Å². The lowest BCUT2D eigenvalue weighted by molar-refractivity contribution is -0.130. The van der Waals surface area contributed by atoms with Crippen LogP contribution in [-0.4, -0.2) is 22.6 Å². The molecule has 0 unspecified atom stereocenters. The van der Waals surface area contributed by atoms with Crippen molar-refractivity contribution in [2.24, 2.45) is 0 Å². The molecule has 3 aromatic carbocycles. The van der Waals surface area contributed by atoms with E-state index in [2.05, 4.69) is 54.3 Å². The fraction of sp³-hybridized carbons (Fsp3) is 0.345. The van der Waals surface area contributed by atoms with E-state index >= 15 is 0 Å². The molecular weight excluding hydrogens is 426 g/mol. The lowest BCUT2D eigenvalue weighted by Crippen LogP contribution is -2.32. The molecule has 0 N–H and O–H groups in total. The van der Waals surface area contributed by atoms with E-state index in [0.717, 1.165) is 62.1 Å². The number of ether oxygens (including phenoxy) is 1. The molecule has 0 bridgehead atoms. The summed E-state index contributed by atoms with van der Waals surface area (Å²) in [6.07, 6.45) is 6.32. The highest BCUT2D eigenvalue weighted by atomic mass is 32.2. The lowest BCUT2D eigenvalue weighted by Gasteiger charge is -2.24. The van der Waals surface area contributed by atoms with Crippen molar-refractivity contribution < 1.29 is 9.53 Å². The highest BCUT2D eigenvalue weighted by Crippen LogP contribution is 2.45. The number of amides is 1. The molecule has 1 heterocycles. The minimum absolute atomic E-state index is 0.0513. The number of hydrogen-bond acceptors (Lipinski definition) is 3. The Labute approximate surface area is 202 Å². The van der Waals surface area contributed by atoms with Gasteiger partial charge in [-0.1, -0.05) is 80.4 Å². The molecule has 0 saturated carbocycles. The average molecular weight is 460 g/mol. The molecule has 1 saturated heterocycles. The monoisotopic (exact) mass is 459 g/mol. The Morgan fingerprint density at radius 2 is 1.58 bits per heavy atom. The molecule has 0 aliphatic carbocycles. The van der Waals surface area contributed by atoms with E-state index in [-0.39, 0.29) is 10.6 Å². The summed E-state index contributed by atoms with van der Waals surface area (Å²) >= 11 is 1.81. The fourth-order valence-corrected chi connectivity index (χ4v) is 5.79.